The van der Waals surface area contributed by atoms with Crippen molar-refractivity contribution in [2.75, 3.05) is 24.6 Å². The van der Waals surface area contributed by atoms with Crippen LogP contribution in [-0.2, 0) is 4.79 Å². The third-order valence-electron chi connectivity index (χ3n) is 4.60. The number of hydrogen-bond acceptors (Lipinski definition) is 3. The molecule has 0 bridgehead atoms. The predicted molar refractivity (Wildman–Crippen MR) is 84.6 cm³/mol. The molecule has 2 aliphatic heterocycles. The number of hydrogen-bond donors (Lipinski definition) is 2. The second-order valence-electron chi connectivity index (χ2n) is 6.26. The first-order valence-corrected chi connectivity index (χ1v) is 9.06. The second-order valence-corrected chi connectivity index (χ2v) is 7.48. The Morgan fingerprint density at radius 1 is 1.33 bits per heavy atom. The molecular formula is C15H26N2O3S. The van der Waals surface area contributed by atoms with Crippen molar-refractivity contribution in [1.82, 2.24) is 10.2 Å². The smallest absolute Gasteiger partial charge is 0.317 e. The molecule has 21 heavy (non-hydrogen) atoms. The molecule has 6 heteroatoms. The summed E-state index contributed by atoms with van der Waals surface area (Å²) in [6.07, 6.45) is 4.31. The maximum atomic E-state index is 12.3. The van der Waals surface area contributed by atoms with Crippen LogP contribution in [0.5, 0.6) is 0 Å². The summed E-state index contributed by atoms with van der Waals surface area (Å²) in [6, 6.07) is 0.356. The number of piperidine rings is 1. The second kappa shape index (κ2) is 7.92. The van der Waals surface area contributed by atoms with Crippen LogP contribution in [0.3, 0.4) is 0 Å². The zero-order valence-electron chi connectivity index (χ0n) is 12.7. The van der Waals surface area contributed by atoms with E-state index in [9.17, 15) is 9.59 Å². The lowest BCUT2D eigenvalue weighted by molar-refractivity contribution is -0.138. The average Bonchev–Trinajstić information content (AvgIpc) is 2.47. The first-order chi connectivity index (χ1) is 10.1. The van der Waals surface area contributed by atoms with Crippen LogP contribution < -0.4 is 5.32 Å². The number of carboxylic acids is 1. The molecule has 0 aliphatic carbocycles. The molecule has 0 aromatic rings. The largest absolute Gasteiger partial charge is 0.481 e. The van der Waals surface area contributed by atoms with Gasteiger partial charge in [-0.1, -0.05) is 6.92 Å². The van der Waals surface area contributed by atoms with Gasteiger partial charge in [0.1, 0.15) is 0 Å². The number of thioether (sulfide) groups is 1. The first-order valence-electron chi connectivity index (χ1n) is 7.91. The van der Waals surface area contributed by atoms with Gasteiger partial charge in [0.2, 0.25) is 0 Å². The molecule has 2 amide bonds. The Labute approximate surface area is 130 Å². The summed E-state index contributed by atoms with van der Waals surface area (Å²) in [6.45, 7) is 3.48. The van der Waals surface area contributed by atoms with Gasteiger partial charge in [-0.15, -0.1) is 0 Å². The van der Waals surface area contributed by atoms with Gasteiger partial charge in [-0.3, -0.25) is 4.79 Å². The van der Waals surface area contributed by atoms with Gasteiger partial charge in [-0.25, -0.2) is 4.79 Å². The summed E-state index contributed by atoms with van der Waals surface area (Å²) in [4.78, 5) is 25.1. The molecule has 2 heterocycles. The van der Waals surface area contributed by atoms with Crippen LogP contribution in [0, 0.1) is 11.8 Å². The molecule has 2 fully saturated rings. The zero-order chi connectivity index (χ0) is 15.2. The summed E-state index contributed by atoms with van der Waals surface area (Å²) in [5.41, 5.74) is 0. The molecule has 2 aliphatic rings. The van der Waals surface area contributed by atoms with E-state index in [0.29, 0.717) is 18.5 Å². The summed E-state index contributed by atoms with van der Waals surface area (Å²) < 4.78 is 0. The highest BCUT2D eigenvalue weighted by Crippen LogP contribution is 2.26. The van der Waals surface area contributed by atoms with E-state index < -0.39 is 5.97 Å². The number of nitrogens with zero attached hydrogens (tertiary/aromatic N) is 1. The Kier molecular flexibility index (Phi) is 6.21. The summed E-state index contributed by atoms with van der Waals surface area (Å²) in [5.74, 6) is 1.95. The van der Waals surface area contributed by atoms with Crippen LogP contribution in [-0.4, -0.2) is 52.6 Å². The number of urea groups is 1. The minimum absolute atomic E-state index is 0.0409. The van der Waals surface area contributed by atoms with Crippen molar-refractivity contribution in [2.24, 2.45) is 11.8 Å². The summed E-state index contributed by atoms with van der Waals surface area (Å²) in [5, 5.41) is 12.1. The Balaban J connectivity index is 1.81. The van der Waals surface area contributed by atoms with E-state index in [1.165, 1.54) is 0 Å². The van der Waals surface area contributed by atoms with E-state index in [4.69, 9.17) is 5.11 Å². The lowest BCUT2D eigenvalue weighted by Gasteiger charge is -2.36. The number of aliphatic carboxylic acids is 1. The number of likely N-dealkylation sites (tertiary alicyclic amines) is 1. The van der Waals surface area contributed by atoms with Gasteiger partial charge in [0.05, 0.1) is 0 Å². The first kappa shape index (κ1) is 16.5. The van der Waals surface area contributed by atoms with Crippen LogP contribution in [0.25, 0.3) is 0 Å². The topological polar surface area (TPSA) is 69.6 Å². The number of amides is 2. The fourth-order valence-electron chi connectivity index (χ4n) is 3.21. The van der Waals surface area contributed by atoms with E-state index >= 15 is 0 Å². The molecule has 2 rings (SSSR count). The molecule has 0 aromatic carbocycles. The third kappa shape index (κ3) is 5.09. The lowest BCUT2D eigenvalue weighted by atomic mass is 9.85. The predicted octanol–water partition coefficient (Wildman–Crippen LogP) is 2.41. The van der Waals surface area contributed by atoms with Crippen molar-refractivity contribution >= 4 is 23.8 Å². The SMILES string of the molecule is CC(CC(=O)O)C1CCCN(C(=O)NC2CCSCC2)C1. The van der Waals surface area contributed by atoms with Gasteiger partial charge in [0.15, 0.2) is 0 Å². The Morgan fingerprint density at radius 2 is 2.05 bits per heavy atom. The van der Waals surface area contributed by atoms with Crippen LogP contribution in [0.1, 0.15) is 39.0 Å². The Bertz CT molecular complexity index is 372. The quantitative estimate of drug-likeness (QED) is 0.836. The van der Waals surface area contributed by atoms with Crippen molar-refractivity contribution in [3.63, 3.8) is 0 Å². The van der Waals surface area contributed by atoms with Gasteiger partial charge in [-0.05, 0) is 49.0 Å². The van der Waals surface area contributed by atoms with Gasteiger partial charge < -0.3 is 15.3 Å². The van der Waals surface area contributed by atoms with Gasteiger partial charge in [0.25, 0.3) is 0 Å². The molecule has 0 saturated carbocycles. The van der Waals surface area contributed by atoms with Crippen LogP contribution in [0.4, 0.5) is 4.79 Å². The lowest BCUT2D eigenvalue weighted by Crippen LogP contribution is -2.50. The van der Waals surface area contributed by atoms with Gasteiger partial charge >= 0.3 is 12.0 Å². The molecule has 2 saturated heterocycles. The molecule has 2 atom stereocenters. The number of carbonyl (C=O) groups is 2. The normalized spacial score (nSPS) is 25.4. The summed E-state index contributed by atoms with van der Waals surface area (Å²) >= 11 is 1.95. The number of nitrogens with one attached hydrogen (secondary N) is 1. The number of carboxylic acid groups (broad SMARTS) is 1. The van der Waals surface area contributed by atoms with E-state index in [0.717, 1.165) is 43.7 Å². The zero-order valence-corrected chi connectivity index (χ0v) is 13.5. The monoisotopic (exact) mass is 314 g/mol. The van der Waals surface area contributed by atoms with Crippen LogP contribution in [0.15, 0.2) is 0 Å². The highest BCUT2D eigenvalue weighted by Gasteiger charge is 2.29. The maximum Gasteiger partial charge on any atom is 0.317 e. The van der Waals surface area contributed by atoms with Crippen LogP contribution in [0.2, 0.25) is 0 Å². The molecule has 5 nitrogen and oxygen atoms in total. The van der Waals surface area contributed by atoms with E-state index in [2.05, 4.69) is 5.32 Å². The maximum absolute atomic E-state index is 12.3. The van der Waals surface area contributed by atoms with Gasteiger partial charge in [0, 0.05) is 25.6 Å². The summed E-state index contributed by atoms with van der Waals surface area (Å²) in [7, 11) is 0. The van der Waals surface area contributed by atoms with Crippen LogP contribution >= 0.6 is 11.8 Å². The molecule has 2 N–H and O–H groups in total. The average molecular weight is 314 g/mol. The molecule has 0 aromatic heterocycles. The van der Waals surface area contributed by atoms with Crippen molar-refractivity contribution in [2.45, 2.75) is 45.1 Å². The number of rotatable bonds is 4. The minimum atomic E-state index is -0.746. The molecule has 120 valence electrons. The number of carbonyl (C=O) groups excluding carboxylic acids is 1. The van der Waals surface area contributed by atoms with Gasteiger partial charge in [-0.2, -0.15) is 11.8 Å². The van der Waals surface area contributed by atoms with Crippen molar-refractivity contribution in [1.29, 1.82) is 0 Å². The molecular weight excluding hydrogens is 288 g/mol. The fourth-order valence-corrected chi connectivity index (χ4v) is 4.32. The van der Waals surface area contributed by atoms with E-state index in [1.54, 1.807) is 0 Å². The van der Waals surface area contributed by atoms with Crippen molar-refractivity contribution in [3.8, 4) is 0 Å². The van der Waals surface area contributed by atoms with E-state index in [-0.39, 0.29) is 18.4 Å². The Hall–Kier alpha value is -0.910. The van der Waals surface area contributed by atoms with Crippen molar-refractivity contribution < 1.29 is 14.7 Å². The highest BCUT2D eigenvalue weighted by atomic mass is 32.2. The molecule has 2 unspecified atom stereocenters. The Morgan fingerprint density at radius 3 is 2.71 bits per heavy atom. The molecule has 0 radical (unpaired) electrons. The minimum Gasteiger partial charge on any atom is -0.481 e. The molecule has 0 spiro atoms. The third-order valence-corrected chi connectivity index (χ3v) is 5.64. The fraction of sp³-hybridized carbons (Fsp3) is 0.867. The highest BCUT2D eigenvalue weighted by molar-refractivity contribution is 7.99. The van der Waals surface area contributed by atoms with Crippen molar-refractivity contribution in [3.05, 3.63) is 0 Å². The van der Waals surface area contributed by atoms with E-state index in [1.807, 2.05) is 23.6 Å². The standard InChI is InChI=1S/C15H26N2O3S/c1-11(9-14(18)19)12-3-2-6-17(10-12)15(20)16-13-4-7-21-8-5-13/h11-13H,2-10H2,1H3,(H,16,20)(H,18,19).